The van der Waals surface area contributed by atoms with E-state index < -0.39 is 0 Å². The summed E-state index contributed by atoms with van der Waals surface area (Å²) >= 11 is 0. The Morgan fingerprint density at radius 3 is 2.00 bits per heavy atom. The molecule has 2 saturated carbocycles. The fraction of sp³-hybridized carbons (Fsp3) is 0.793. The molecule has 2 aliphatic carbocycles. The third kappa shape index (κ3) is 8.03. The van der Waals surface area contributed by atoms with Crippen molar-refractivity contribution in [3.05, 3.63) is 35.4 Å². The predicted molar refractivity (Wildman–Crippen MR) is 130 cm³/mol. The second kappa shape index (κ2) is 13.6. The van der Waals surface area contributed by atoms with E-state index in [4.69, 9.17) is 4.74 Å². The Morgan fingerprint density at radius 1 is 0.700 bits per heavy atom. The third-order valence-electron chi connectivity index (χ3n) is 7.97. The summed E-state index contributed by atoms with van der Waals surface area (Å²) in [7, 11) is 0. The Balaban J connectivity index is 1.26. The molecule has 30 heavy (non-hydrogen) atoms. The zero-order valence-electron chi connectivity index (χ0n) is 20.0. The lowest BCUT2D eigenvalue weighted by Crippen LogP contribution is -2.21. The van der Waals surface area contributed by atoms with E-state index in [0.29, 0.717) is 6.10 Å². The summed E-state index contributed by atoms with van der Waals surface area (Å²) < 4.78 is 6.29. The standard InChI is InChI=1S/C29H48O/c1-3-5-6-9-25-15-17-27(18-16-25)28-19-21-29(22-20-28)30-23-7-10-26-13-11-24(8-4-2)12-14-26/h15-18,24,26,28-29H,3-14,19-23H2,1-2H3/t24-,26-,28-,29-. The van der Waals surface area contributed by atoms with Gasteiger partial charge < -0.3 is 4.74 Å². The molecule has 0 spiro atoms. The molecule has 0 aromatic heterocycles. The highest BCUT2D eigenvalue weighted by molar-refractivity contribution is 5.26. The molecule has 1 aromatic carbocycles. The van der Waals surface area contributed by atoms with Crippen molar-refractivity contribution >= 4 is 0 Å². The van der Waals surface area contributed by atoms with Crippen molar-refractivity contribution in [3.8, 4) is 0 Å². The van der Waals surface area contributed by atoms with E-state index >= 15 is 0 Å². The number of hydrogen-bond acceptors (Lipinski definition) is 1. The Kier molecular flexibility index (Phi) is 10.8. The zero-order valence-corrected chi connectivity index (χ0v) is 20.0. The monoisotopic (exact) mass is 412 g/mol. The first-order chi connectivity index (χ1) is 14.8. The molecule has 0 bridgehead atoms. The van der Waals surface area contributed by atoms with Crippen LogP contribution in [0.5, 0.6) is 0 Å². The van der Waals surface area contributed by atoms with Gasteiger partial charge >= 0.3 is 0 Å². The number of rotatable bonds is 12. The minimum absolute atomic E-state index is 0.523. The fourth-order valence-electron chi connectivity index (χ4n) is 5.94. The smallest absolute Gasteiger partial charge is 0.0575 e. The van der Waals surface area contributed by atoms with Crippen LogP contribution in [0.3, 0.4) is 0 Å². The van der Waals surface area contributed by atoms with Crippen molar-refractivity contribution in [2.45, 2.75) is 129 Å². The van der Waals surface area contributed by atoms with Crippen LogP contribution in [0.2, 0.25) is 0 Å². The first kappa shape index (κ1) is 23.8. The predicted octanol–water partition coefficient (Wildman–Crippen LogP) is 8.85. The van der Waals surface area contributed by atoms with Gasteiger partial charge in [0.15, 0.2) is 0 Å². The Morgan fingerprint density at radius 2 is 1.37 bits per heavy atom. The van der Waals surface area contributed by atoms with Crippen molar-refractivity contribution in [1.82, 2.24) is 0 Å². The van der Waals surface area contributed by atoms with Crippen LogP contribution in [-0.2, 0) is 11.2 Å². The van der Waals surface area contributed by atoms with E-state index in [1.54, 1.807) is 5.56 Å². The highest BCUT2D eigenvalue weighted by atomic mass is 16.5. The number of benzene rings is 1. The number of ether oxygens (including phenoxy) is 1. The second-order valence-corrected chi connectivity index (χ2v) is 10.4. The summed E-state index contributed by atoms with van der Waals surface area (Å²) in [6.07, 6.45) is 22.3. The van der Waals surface area contributed by atoms with Gasteiger partial charge in [-0.25, -0.2) is 0 Å². The summed E-state index contributed by atoms with van der Waals surface area (Å²) in [6.45, 7) is 5.61. The van der Waals surface area contributed by atoms with Crippen LogP contribution < -0.4 is 0 Å². The molecule has 0 heterocycles. The SMILES string of the molecule is CCCCCc1ccc([C@H]2CC[C@H](OCCC[C@H]3CC[C@H](CCC)CC3)CC2)cc1. The molecule has 1 nitrogen and oxygen atoms in total. The van der Waals surface area contributed by atoms with Crippen LogP contribution in [0.1, 0.15) is 127 Å². The van der Waals surface area contributed by atoms with E-state index in [9.17, 15) is 0 Å². The Labute approximate surface area is 187 Å². The van der Waals surface area contributed by atoms with Gasteiger partial charge in [0.25, 0.3) is 0 Å². The molecule has 0 amide bonds. The lowest BCUT2D eigenvalue weighted by atomic mass is 9.78. The van der Waals surface area contributed by atoms with E-state index in [-0.39, 0.29) is 0 Å². The van der Waals surface area contributed by atoms with Crippen molar-refractivity contribution < 1.29 is 4.74 Å². The van der Waals surface area contributed by atoms with Crippen LogP contribution in [0, 0.1) is 11.8 Å². The van der Waals surface area contributed by atoms with Gasteiger partial charge in [-0.15, -0.1) is 0 Å². The van der Waals surface area contributed by atoms with Gasteiger partial charge in [-0.3, -0.25) is 0 Å². The normalized spacial score (nSPS) is 27.3. The molecule has 3 rings (SSSR count). The molecule has 0 N–H and O–H groups in total. The maximum Gasteiger partial charge on any atom is 0.0575 e. The quantitative estimate of drug-likeness (QED) is 0.311. The van der Waals surface area contributed by atoms with Crippen LogP contribution in [-0.4, -0.2) is 12.7 Å². The van der Waals surface area contributed by atoms with E-state index in [1.165, 1.54) is 108 Å². The molecule has 0 radical (unpaired) electrons. The van der Waals surface area contributed by atoms with Crippen molar-refractivity contribution in [1.29, 1.82) is 0 Å². The van der Waals surface area contributed by atoms with Gasteiger partial charge in [0.2, 0.25) is 0 Å². The minimum Gasteiger partial charge on any atom is -0.378 e. The van der Waals surface area contributed by atoms with Crippen LogP contribution in [0.25, 0.3) is 0 Å². The number of hydrogen-bond donors (Lipinski definition) is 0. The molecule has 2 aliphatic rings. The highest BCUT2D eigenvalue weighted by Gasteiger charge is 2.23. The van der Waals surface area contributed by atoms with Gasteiger partial charge in [0.1, 0.15) is 0 Å². The molecule has 170 valence electrons. The third-order valence-corrected chi connectivity index (χ3v) is 7.97. The second-order valence-electron chi connectivity index (χ2n) is 10.4. The Bertz CT molecular complexity index is 546. The molecule has 1 aromatic rings. The topological polar surface area (TPSA) is 9.23 Å². The molecule has 0 aliphatic heterocycles. The van der Waals surface area contributed by atoms with E-state index in [1.807, 2.05) is 0 Å². The first-order valence-electron chi connectivity index (χ1n) is 13.5. The summed E-state index contributed by atoms with van der Waals surface area (Å²) in [5.41, 5.74) is 3.08. The maximum absolute atomic E-state index is 6.29. The molecule has 1 heteroatoms. The lowest BCUT2D eigenvalue weighted by Gasteiger charge is -2.30. The van der Waals surface area contributed by atoms with E-state index in [0.717, 1.165) is 24.4 Å². The summed E-state index contributed by atoms with van der Waals surface area (Å²) in [5.74, 6) is 2.78. The Hall–Kier alpha value is -0.820. The molecule has 0 atom stereocenters. The minimum atomic E-state index is 0.523. The van der Waals surface area contributed by atoms with Crippen LogP contribution >= 0.6 is 0 Å². The average Bonchev–Trinajstić information content (AvgIpc) is 2.79. The van der Waals surface area contributed by atoms with Crippen LogP contribution in [0.15, 0.2) is 24.3 Å². The largest absolute Gasteiger partial charge is 0.378 e. The van der Waals surface area contributed by atoms with Crippen LogP contribution in [0.4, 0.5) is 0 Å². The maximum atomic E-state index is 6.29. The molecular weight excluding hydrogens is 364 g/mol. The molecule has 0 unspecified atom stereocenters. The van der Waals surface area contributed by atoms with Gasteiger partial charge in [-0.1, -0.05) is 89.5 Å². The first-order valence-corrected chi connectivity index (χ1v) is 13.5. The van der Waals surface area contributed by atoms with Crippen molar-refractivity contribution in [3.63, 3.8) is 0 Å². The van der Waals surface area contributed by atoms with Gasteiger partial charge in [0.05, 0.1) is 6.10 Å². The molecular formula is C29H48O. The van der Waals surface area contributed by atoms with Gasteiger partial charge in [-0.05, 0) is 80.2 Å². The average molecular weight is 413 g/mol. The zero-order chi connectivity index (χ0) is 21.0. The fourth-order valence-corrected chi connectivity index (χ4v) is 5.94. The highest BCUT2D eigenvalue weighted by Crippen LogP contribution is 2.35. The molecule has 0 saturated heterocycles. The lowest BCUT2D eigenvalue weighted by molar-refractivity contribution is 0.0204. The van der Waals surface area contributed by atoms with Crippen molar-refractivity contribution in [2.24, 2.45) is 11.8 Å². The van der Waals surface area contributed by atoms with Gasteiger partial charge in [-0.2, -0.15) is 0 Å². The number of unbranched alkanes of at least 4 members (excludes halogenated alkanes) is 2. The number of aryl methyl sites for hydroxylation is 1. The summed E-state index contributed by atoms with van der Waals surface area (Å²) in [6, 6.07) is 9.57. The van der Waals surface area contributed by atoms with Crippen molar-refractivity contribution in [2.75, 3.05) is 6.61 Å². The van der Waals surface area contributed by atoms with E-state index in [2.05, 4.69) is 38.1 Å². The van der Waals surface area contributed by atoms with Gasteiger partial charge in [0, 0.05) is 6.61 Å². The summed E-state index contributed by atoms with van der Waals surface area (Å²) in [5, 5.41) is 0. The summed E-state index contributed by atoms with van der Waals surface area (Å²) in [4.78, 5) is 0. The molecule has 2 fully saturated rings.